The van der Waals surface area contributed by atoms with Gasteiger partial charge in [0.05, 0.1) is 4.92 Å². The van der Waals surface area contributed by atoms with Crippen LogP contribution in [0.25, 0.3) is 0 Å². The third-order valence-electron chi connectivity index (χ3n) is 3.63. The first-order chi connectivity index (χ1) is 11.5. The van der Waals surface area contributed by atoms with Crippen LogP contribution in [0.4, 0.5) is 17.1 Å². The van der Waals surface area contributed by atoms with Crippen LogP contribution in [0, 0.1) is 10.1 Å². The minimum absolute atomic E-state index is 0.123. The molecule has 126 valence electrons. The summed E-state index contributed by atoms with van der Waals surface area (Å²) in [5, 5.41) is 16.7. The molecule has 0 aliphatic carbocycles. The van der Waals surface area contributed by atoms with Gasteiger partial charge < -0.3 is 10.6 Å². The van der Waals surface area contributed by atoms with E-state index in [1.54, 1.807) is 19.1 Å². The van der Waals surface area contributed by atoms with E-state index in [0.717, 1.165) is 18.5 Å². The van der Waals surface area contributed by atoms with Gasteiger partial charge in [-0.1, -0.05) is 37.6 Å². The van der Waals surface area contributed by atoms with E-state index in [1.807, 2.05) is 24.3 Å². The van der Waals surface area contributed by atoms with Crippen LogP contribution in [-0.2, 0) is 11.2 Å². The van der Waals surface area contributed by atoms with Gasteiger partial charge in [0.1, 0.15) is 11.7 Å². The summed E-state index contributed by atoms with van der Waals surface area (Å²) in [6.07, 6.45) is 2.11. The lowest BCUT2D eigenvalue weighted by Crippen LogP contribution is -2.32. The van der Waals surface area contributed by atoms with E-state index in [0.29, 0.717) is 0 Å². The molecule has 0 aliphatic heterocycles. The molecule has 0 unspecified atom stereocenters. The first-order valence-electron chi connectivity index (χ1n) is 7.91. The normalized spacial score (nSPS) is 11.6. The standard InChI is InChI=1S/C18H21N3O3/c1-3-6-14-9-11-15(12-10-14)19-13(2)18(22)20-16-7-4-5-8-17(16)21(23)24/h4-5,7-13,19H,3,6H2,1-2H3,(H,20,22)/t13-/m1/s1. The smallest absolute Gasteiger partial charge is 0.292 e. The zero-order valence-corrected chi connectivity index (χ0v) is 13.8. The molecule has 2 N–H and O–H groups in total. The zero-order valence-electron chi connectivity index (χ0n) is 13.8. The molecule has 0 spiro atoms. The quantitative estimate of drug-likeness (QED) is 0.595. The number of aryl methyl sites for hydroxylation is 1. The van der Waals surface area contributed by atoms with Crippen LogP contribution in [0.15, 0.2) is 48.5 Å². The number of hydrogen-bond acceptors (Lipinski definition) is 4. The highest BCUT2D eigenvalue weighted by molar-refractivity contribution is 5.97. The second kappa shape index (κ2) is 8.10. The van der Waals surface area contributed by atoms with Gasteiger partial charge in [-0.05, 0) is 37.1 Å². The van der Waals surface area contributed by atoms with Crippen molar-refractivity contribution in [3.05, 3.63) is 64.2 Å². The highest BCUT2D eigenvalue weighted by Crippen LogP contribution is 2.23. The molecular formula is C18H21N3O3. The number of para-hydroxylation sites is 2. The summed E-state index contributed by atoms with van der Waals surface area (Å²) in [5.41, 5.74) is 2.15. The minimum Gasteiger partial charge on any atom is -0.374 e. The number of carbonyl (C=O) groups excluding carboxylic acids is 1. The van der Waals surface area contributed by atoms with Crippen molar-refractivity contribution in [2.24, 2.45) is 0 Å². The van der Waals surface area contributed by atoms with E-state index in [2.05, 4.69) is 17.6 Å². The molecule has 0 aromatic heterocycles. The molecule has 0 aliphatic rings. The average molecular weight is 327 g/mol. The molecular weight excluding hydrogens is 306 g/mol. The number of nitrogens with zero attached hydrogens (tertiary/aromatic N) is 1. The number of benzene rings is 2. The zero-order chi connectivity index (χ0) is 17.5. The third-order valence-corrected chi connectivity index (χ3v) is 3.63. The van der Waals surface area contributed by atoms with E-state index in [9.17, 15) is 14.9 Å². The van der Waals surface area contributed by atoms with Gasteiger partial charge in [0.2, 0.25) is 5.91 Å². The van der Waals surface area contributed by atoms with E-state index in [1.165, 1.54) is 17.7 Å². The highest BCUT2D eigenvalue weighted by atomic mass is 16.6. The van der Waals surface area contributed by atoms with Crippen molar-refractivity contribution in [2.45, 2.75) is 32.7 Å². The van der Waals surface area contributed by atoms with Gasteiger partial charge in [-0.25, -0.2) is 0 Å². The molecule has 0 fully saturated rings. The van der Waals surface area contributed by atoms with Crippen LogP contribution in [0.3, 0.4) is 0 Å². The monoisotopic (exact) mass is 327 g/mol. The van der Waals surface area contributed by atoms with Gasteiger partial charge >= 0.3 is 0 Å². The van der Waals surface area contributed by atoms with E-state index in [-0.39, 0.29) is 17.3 Å². The van der Waals surface area contributed by atoms with Crippen LogP contribution in [0.2, 0.25) is 0 Å². The summed E-state index contributed by atoms with van der Waals surface area (Å²) < 4.78 is 0. The summed E-state index contributed by atoms with van der Waals surface area (Å²) in [6, 6.07) is 13.5. The molecule has 0 heterocycles. The molecule has 0 saturated carbocycles. The van der Waals surface area contributed by atoms with Crippen molar-refractivity contribution in [3.63, 3.8) is 0 Å². The topological polar surface area (TPSA) is 84.3 Å². The molecule has 6 nitrogen and oxygen atoms in total. The van der Waals surface area contributed by atoms with Crippen molar-refractivity contribution in [2.75, 3.05) is 10.6 Å². The molecule has 2 rings (SSSR count). The average Bonchev–Trinajstić information content (AvgIpc) is 2.57. The van der Waals surface area contributed by atoms with Gasteiger partial charge in [0.15, 0.2) is 0 Å². The molecule has 0 radical (unpaired) electrons. The van der Waals surface area contributed by atoms with Gasteiger partial charge in [-0.15, -0.1) is 0 Å². The maximum atomic E-state index is 12.3. The fourth-order valence-corrected chi connectivity index (χ4v) is 2.35. The molecule has 24 heavy (non-hydrogen) atoms. The van der Waals surface area contributed by atoms with Crippen LogP contribution < -0.4 is 10.6 Å². The number of nitro groups is 1. The number of rotatable bonds is 7. The molecule has 2 aromatic rings. The lowest BCUT2D eigenvalue weighted by Gasteiger charge is -2.15. The Balaban J connectivity index is 2.01. The first-order valence-corrected chi connectivity index (χ1v) is 7.91. The third kappa shape index (κ3) is 4.55. The van der Waals surface area contributed by atoms with E-state index >= 15 is 0 Å². The summed E-state index contributed by atoms with van der Waals surface area (Å²) in [7, 11) is 0. The summed E-state index contributed by atoms with van der Waals surface area (Å²) in [4.78, 5) is 22.7. The maximum absolute atomic E-state index is 12.3. The van der Waals surface area contributed by atoms with Crippen molar-refractivity contribution in [3.8, 4) is 0 Å². The Bertz CT molecular complexity index is 714. The Morgan fingerprint density at radius 1 is 1.17 bits per heavy atom. The maximum Gasteiger partial charge on any atom is 0.292 e. The molecule has 0 saturated heterocycles. The van der Waals surface area contributed by atoms with E-state index < -0.39 is 11.0 Å². The van der Waals surface area contributed by atoms with Gasteiger partial charge in [0, 0.05) is 11.8 Å². The van der Waals surface area contributed by atoms with Crippen LogP contribution in [0.1, 0.15) is 25.8 Å². The predicted molar refractivity (Wildman–Crippen MR) is 95.2 cm³/mol. The molecule has 2 aromatic carbocycles. The summed E-state index contributed by atoms with van der Waals surface area (Å²) in [5.74, 6) is -0.332. The molecule has 1 amide bonds. The van der Waals surface area contributed by atoms with Crippen molar-refractivity contribution in [1.82, 2.24) is 0 Å². The molecule has 0 bridgehead atoms. The van der Waals surface area contributed by atoms with Crippen molar-refractivity contribution >= 4 is 23.0 Å². The Labute approximate surface area is 141 Å². The fourth-order valence-electron chi connectivity index (χ4n) is 2.35. The predicted octanol–water partition coefficient (Wildman–Crippen LogP) is 3.99. The van der Waals surface area contributed by atoms with Gasteiger partial charge in [-0.3, -0.25) is 14.9 Å². The Hall–Kier alpha value is -2.89. The number of carbonyl (C=O) groups is 1. The Morgan fingerprint density at radius 2 is 1.83 bits per heavy atom. The second-order valence-corrected chi connectivity index (χ2v) is 5.58. The van der Waals surface area contributed by atoms with Crippen molar-refractivity contribution in [1.29, 1.82) is 0 Å². The SMILES string of the molecule is CCCc1ccc(N[C@H](C)C(=O)Nc2ccccc2[N+](=O)[O-])cc1. The van der Waals surface area contributed by atoms with Crippen LogP contribution in [0.5, 0.6) is 0 Å². The number of amides is 1. The Kier molecular flexibility index (Phi) is 5.89. The number of nitro benzene ring substituents is 1. The fraction of sp³-hybridized carbons (Fsp3) is 0.278. The first kappa shape index (κ1) is 17.5. The van der Waals surface area contributed by atoms with Crippen LogP contribution in [-0.4, -0.2) is 16.9 Å². The molecule has 1 atom stereocenters. The summed E-state index contributed by atoms with van der Waals surface area (Å²) >= 11 is 0. The number of hydrogen-bond donors (Lipinski definition) is 2. The number of anilines is 2. The highest BCUT2D eigenvalue weighted by Gasteiger charge is 2.18. The lowest BCUT2D eigenvalue weighted by molar-refractivity contribution is -0.383. The molecule has 6 heteroatoms. The van der Waals surface area contributed by atoms with Crippen molar-refractivity contribution < 1.29 is 9.72 Å². The largest absolute Gasteiger partial charge is 0.374 e. The van der Waals surface area contributed by atoms with Crippen LogP contribution >= 0.6 is 0 Å². The lowest BCUT2D eigenvalue weighted by atomic mass is 10.1. The minimum atomic E-state index is -0.526. The summed E-state index contributed by atoms with van der Waals surface area (Å²) in [6.45, 7) is 3.84. The second-order valence-electron chi connectivity index (χ2n) is 5.58. The van der Waals surface area contributed by atoms with Gasteiger partial charge in [-0.2, -0.15) is 0 Å². The van der Waals surface area contributed by atoms with E-state index in [4.69, 9.17) is 0 Å². The number of nitrogens with one attached hydrogen (secondary N) is 2. The van der Waals surface area contributed by atoms with Gasteiger partial charge in [0.25, 0.3) is 5.69 Å². The Morgan fingerprint density at radius 3 is 2.46 bits per heavy atom.